The predicted molar refractivity (Wildman–Crippen MR) is 98.7 cm³/mol. The molecule has 0 heterocycles. The van der Waals surface area contributed by atoms with Crippen LogP contribution in [0.25, 0.3) is 0 Å². The van der Waals surface area contributed by atoms with Gasteiger partial charge in [-0.25, -0.2) is 5.43 Å². The Balaban J connectivity index is 1.63. The van der Waals surface area contributed by atoms with E-state index in [1.165, 1.54) is 0 Å². The molecule has 0 saturated carbocycles. The second kappa shape index (κ2) is 8.45. The zero-order valence-electron chi connectivity index (χ0n) is 13.6. The molecule has 1 amide bonds. The van der Waals surface area contributed by atoms with Gasteiger partial charge >= 0.3 is 0 Å². The van der Waals surface area contributed by atoms with Crippen LogP contribution in [0, 0.1) is 0 Å². The van der Waals surface area contributed by atoms with E-state index in [1.807, 2.05) is 72.8 Å². The maximum atomic E-state index is 12.0. The molecular weight excluding hydrogens is 312 g/mol. The quantitative estimate of drug-likeness (QED) is 0.548. The summed E-state index contributed by atoms with van der Waals surface area (Å²) in [6.07, 6.45) is 1.63. The zero-order chi connectivity index (χ0) is 17.3. The molecule has 3 rings (SSSR count). The Hall–Kier alpha value is -3.40. The lowest BCUT2D eigenvalue weighted by Gasteiger charge is -2.08. The fourth-order valence-corrected chi connectivity index (χ4v) is 2.28. The summed E-state index contributed by atoms with van der Waals surface area (Å²) < 4.78 is 5.78. The molecule has 0 unspecified atom stereocenters. The molecule has 0 aliphatic heterocycles. The van der Waals surface area contributed by atoms with Crippen LogP contribution < -0.4 is 10.2 Å². The summed E-state index contributed by atoms with van der Waals surface area (Å²) in [7, 11) is 0. The average Bonchev–Trinajstić information content (AvgIpc) is 2.68. The van der Waals surface area contributed by atoms with Crippen LogP contribution in [0.4, 0.5) is 0 Å². The van der Waals surface area contributed by atoms with Crippen LogP contribution in [0.1, 0.15) is 21.5 Å². The molecule has 0 radical (unpaired) electrons. The normalized spacial score (nSPS) is 10.6. The summed E-state index contributed by atoms with van der Waals surface area (Å²) in [5, 5.41) is 4.05. The number of para-hydroxylation sites is 1. The van der Waals surface area contributed by atoms with Crippen molar-refractivity contribution < 1.29 is 9.53 Å². The van der Waals surface area contributed by atoms with Gasteiger partial charge in [0, 0.05) is 11.1 Å². The van der Waals surface area contributed by atoms with Gasteiger partial charge in [-0.05, 0) is 29.8 Å². The van der Waals surface area contributed by atoms with E-state index in [4.69, 9.17) is 4.74 Å². The highest BCUT2D eigenvalue weighted by Gasteiger charge is 2.03. The number of hydrogen-bond acceptors (Lipinski definition) is 3. The SMILES string of the molecule is O=C(N/N=C/c1ccccc1COc1ccccc1)c1ccccc1. The fraction of sp³-hybridized carbons (Fsp3) is 0.0476. The van der Waals surface area contributed by atoms with Crippen molar-refractivity contribution in [2.24, 2.45) is 5.10 Å². The number of carbonyl (C=O) groups excluding carboxylic acids is 1. The van der Waals surface area contributed by atoms with Crippen molar-refractivity contribution in [3.8, 4) is 5.75 Å². The number of carbonyl (C=O) groups is 1. The molecule has 1 N–H and O–H groups in total. The smallest absolute Gasteiger partial charge is 0.271 e. The van der Waals surface area contributed by atoms with Crippen LogP contribution in [-0.4, -0.2) is 12.1 Å². The van der Waals surface area contributed by atoms with Crippen LogP contribution in [0.3, 0.4) is 0 Å². The Labute approximate surface area is 146 Å². The first-order chi connectivity index (χ1) is 12.3. The van der Waals surface area contributed by atoms with Crippen molar-refractivity contribution in [1.82, 2.24) is 5.43 Å². The lowest BCUT2D eigenvalue weighted by atomic mass is 10.1. The molecule has 0 saturated heterocycles. The highest BCUT2D eigenvalue weighted by atomic mass is 16.5. The first kappa shape index (κ1) is 16.5. The van der Waals surface area contributed by atoms with E-state index in [0.717, 1.165) is 16.9 Å². The van der Waals surface area contributed by atoms with Crippen molar-refractivity contribution in [3.63, 3.8) is 0 Å². The minimum absolute atomic E-state index is 0.241. The number of nitrogens with one attached hydrogen (secondary N) is 1. The van der Waals surface area contributed by atoms with Gasteiger partial charge in [-0.1, -0.05) is 60.7 Å². The molecule has 0 aromatic heterocycles. The summed E-state index contributed by atoms with van der Waals surface area (Å²) in [4.78, 5) is 12.0. The fourth-order valence-electron chi connectivity index (χ4n) is 2.28. The monoisotopic (exact) mass is 330 g/mol. The Morgan fingerprint density at radius 2 is 1.52 bits per heavy atom. The van der Waals surface area contributed by atoms with Gasteiger partial charge in [0.25, 0.3) is 5.91 Å². The largest absolute Gasteiger partial charge is 0.489 e. The molecule has 4 nitrogen and oxygen atoms in total. The van der Waals surface area contributed by atoms with Gasteiger partial charge in [0.15, 0.2) is 0 Å². The molecule has 4 heteroatoms. The summed E-state index contributed by atoms with van der Waals surface area (Å²) >= 11 is 0. The number of nitrogens with zero attached hydrogens (tertiary/aromatic N) is 1. The van der Waals surface area contributed by atoms with Gasteiger partial charge in [-0.3, -0.25) is 4.79 Å². The van der Waals surface area contributed by atoms with Gasteiger partial charge in [0.1, 0.15) is 12.4 Å². The lowest BCUT2D eigenvalue weighted by Crippen LogP contribution is -2.17. The summed E-state index contributed by atoms with van der Waals surface area (Å²) in [6.45, 7) is 0.429. The topological polar surface area (TPSA) is 50.7 Å². The number of ether oxygens (including phenoxy) is 1. The van der Waals surface area contributed by atoms with Gasteiger partial charge in [-0.15, -0.1) is 0 Å². The molecule has 0 fully saturated rings. The van der Waals surface area contributed by atoms with E-state index >= 15 is 0 Å². The van der Waals surface area contributed by atoms with Crippen LogP contribution in [0.5, 0.6) is 5.75 Å². The molecule has 0 aliphatic rings. The third-order valence-corrected chi connectivity index (χ3v) is 3.60. The van der Waals surface area contributed by atoms with E-state index in [2.05, 4.69) is 10.5 Å². The minimum atomic E-state index is -0.241. The summed E-state index contributed by atoms with van der Waals surface area (Å²) in [5.41, 5.74) is 4.99. The first-order valence-corrected chi connectivity index (χ1v) is 7.97. The molecule has 124 valence electrons. The maximum absolute atomic E-state index is 12.0. The number of hydrazone groups is 1. The summed E-state index contributed by atoms with van der Waals surface area (Å²) in [5.74, 6) is 0.571. The van der Waals surface area contributed by atoms with Crippen LogP contribution in [0.2, 0.25) is 0 Å². The standard InChI is InChI=1S/C21H18N2O2/c24-21(17-9-3-1-4-10-17)23-22-15-18-11-7-8-12-19(18)16-25-20-13-5-2-6-14-20/h1-15H,16H2,(H,23,24)/b22-15+. The second-order valence-electron chi connectivity index (χ2n) is 5.37. The van der Waals surface area contributed by atoms with E-state index in [0.29, 0.717) is 12.2 Å². The van der Waals surface area contributed by atoms with E-state index in [-0.39, 0.29) is 5.91 Å². The van der Waals surface area contributed by atoms with Crippen LogP contribution >= 0.6 is 0 Å². The molecule has 3 aromatic rings. The lowest BCUT2D eigenvalue weighted by molar-refractivity contribution is 0.0955. The molecule has 0 spiro atoms. The molecule has 25 heavy (non-hydrogen) atoms. The van der Waals surface area contributed by atoms with Crippen molar-refractivity contribution in [2.45, 2.75) is 6.61 Å². The van der Waals surface area contributed by atoms with Crippen molar-refractivity contribution in [3.05, 3.63) is 102 Å². The van der Waals surface area contributed by atoms with Crippen LogP contribution in [0.15, 0.2) is 90.0 Å². The molecular formula is C21H18N2O2. The number of hydrogen-bond donors (Lipinski definition) is 1. The van der Waals surface area contributed by atoms with Crippen molar-refractivity contribution in [1.29, 1.82) is 0 Å². The maximum Gasteiger partial charge on any atom is 0.271 e. The number of amides is 1. The Morgan fingerprint density at radius 3 is 2.28 bits per heavy atom. The Morgan fingerprint density at radius 1 is 0.880 bits per heavy atom. The zero-order valence-corrected chi connectivity index (χ0v) is 13.6. The van der Waals surface area contributed by atoms with Crippen molar-refractivity contribution in [2.75, 3.05) is 0 Å². The number of benzene rings is 3. The van der Waals surface area contributed by atoms with Gasteiger partial charge in [0.05, 0.1) is 6.21 Å². The highest BCUT2D eigenvalue weighted by Crippen LogP contribution is 2.13. The van der Waals surface area contributed by atoms with Crippen molar-refractivity contribution >= 4 is 12.1 Å². The van der Waals surface area contributed by atoms with E-state index in [9.17, 15) is 4.79 Å². The first-order valence-electron chi connectivity index (χ1n) is 7.97. The number of rotatable bonds is 6. The predicted octanol–water partition coefficient (Wildman–Crippen LogP) is 4.03. The highest BCUT2D eigenvalue weighted by molar-refractivity contribution is 5.94. The second-order valence-corrected chi connectivity index (χ2v) is 5.37. The molecule has 0 aliphatic carbocycles. The summed E-state index contributed by atoms with van der Waals surface area (Å²) in [6, 6.07) is 26.4. The third kappa shape index (κ3) is 4.78. The van der Waals surface area contributed by atoms with Gasteiger partial charge in [0.2, 0.25) is 0 Å². The van der Waals surface area contributed by atoms with E-state index < -0.39 is 0 Å². The molecule has 0 bridgehead atoms. The van der Waals surface area contributed by atoms with Gasteiger partial charge in [-0.2, -0.15) is 5.10 Å². The Bertz CT molecular complexity index is 846. The van der Waals surface area contributed by atoms with Gasteiger partial charge < -0.3 is 4.74 Å². The average molecular weight is 330 g/mol. The minimum Gasteiger partial charge on any atom is -0.489 e. The van der Waals surface area contributed by atoms with Crippen LogP contribution in [-0.2, 0) is 6.61 Å². The third-order valence-electron chi connectivity index (χ3n) is 3.60. The van der Waals surface area contributed by atoms with E-state index in [1.54, 1.807) is 18.3 Å². The molecule has 0 atom stereocenters. The Kier molecular flexibility index (Phi) is 5.56. The molecule has 3 aromatic carbocycles.